The number of piperidine rings is 1. The van der Waals surface area contributed by atoms with Crippen LogP contribution >= 0.6 is 0 Å². The van der Waals surface area contributed by atoms with E-state index in [0.29, 0.717) is 5.95 Å². The zero-order valence-electron chi connectivity index (χ0n) is 17.8. The Hall–Kier alpha value is -2.28. The minimum Gasteiger partial charge on any atom is -0.352 e. The van der Waals surface area contributed by atoms with Crippen molar-refractivity contribution in [3.63, 3.8) is 0 Å². The molecule has 2 atom stereocenters. The van der Waals surface area contributed by atoms with Gasteiger partial charge in [-0.3, -0.25) is 14.3 Å². The summed E-state index contributed by atoms with van der Waals surface area (Å²) in [5, 5.41) is 3.25. The standard InChI is InChI=1S/C22H34N6O/c1-3-4-5-7-10-18(2)25-21(29)20(27-14-8-6-9-15-27)19-11-12-24-22(26-19)28-16-13-23-17-28/h11-13,16-18,20H,3-10,14-15H2,1-2H3,(H,25,29). The molecule has 2 unspecified atom stereocenters. The summed E-state index contributed by atoms with van der Waals surface area (Å²) in [6, 6.07) is 1.66. The number of aromatic nitrogens is 4. The van der Waals surface area contributed by atoms with Gasteiger partial charge in [-0.15, -0.1) is 0 Å². The summed E-state index contributed by atoms with van der Waals surface area (Å²) < 4.78 is 1.77. The molecule has 1 N–H and O–H groups in total. The van der Waals surface area contributed by atoms with Gasteiger partial charge < -0.3 is 5.32 Å². The van der Waals surface area contributed by atoms with Crippen LogP contribution in [0.5, 0.6) is 0 Å². The molecule has 1 fully saturated rings. The second-order valence-electron chi connectivity index (χ2n) is 8.01. The number of likely N-dealkylation sites (tertiary alicyclic amines) is 1. The van der Waals surface area contributed by atoms with Crippen LogP contribution in [0.3, 0.4) is 0 Å². The van der Waals surface area contributed by atoms with Crippen molar-refractivity contribution in [2.75, 3.05) is 13.1 Å². The molecular weight excluding hydrogens is 364 g/mol. The Kier molecular flexibility index (Phi) is 8.16. The van der Waals surface area contributed by atoms with Crippen molar-refractivity contribution in [1.82, 2.24) is 29.7 Å². The lowest BCUT2D eigenvalue weighted by Crippen LogP contribution is -2.45. The monoisotopic (exact) mass is 398 g/mol. The maximum absolute atomic E-state index is 13.3. The number of amides is 1. The summed E-state index contributed by atoms with van der Waals surface area (Å²) in [6.07, 6.45) is 16.3. The molecule has 2 aromatic heterocycles. The molecule has 3 heterocycles. The van der Waals surface area contributed by atoms with Crippen molar-refractivity contribution in [2.24, 2.45) is 0 Å². The zero-order valence-corrected chi connectivity index (χ0v) is 17.8. The van der Waals surface area contributed by atoms with Crippen LogP contribution in [0.2, 0.25) is 0 Å². The molecule has 158 valence electrons. The second kappa shape index (κ2) is 11.0. The number of hydrogen-bond acceptors (Lipinski definition) is 5. The Labute approximate surface area is 174 Å². The van der Waals surface area contributed by atoms with E-state index in [-0.39, 0.29) is 18.0 Å². The van der Waals surface area contributed by atoms with Crippen LogP contribution in [-0.2, 0) is 4.79 Å². The topological polar surface area (TPSA) is 75.9 Å². The predicted octanol–water partition coefficient (Wildman–Crippen LogP) is 3.66. The number of nitrogens with zero attached hydrogens (tertiary/aromatic N) is 5. The van der Waals surface area contributed by atoms with E-state index >= 15 is 0 Å². The molecule has 2 aromatic rings. The zero-order chi connectivity index (χ0) is 20.5. The maximum atomic E-state index is 13.3. The normalized spacial score (nSPS) is 17.0. The van der Waals surface area contributed by atoms with Crippen LogP contribution < -0.4 is 5.32 Å². The van der Waals surface area contributed by atoms with E-state index in [1.807, 2.05) is 12.3 Å². The molecule has 0 radical (unpaired) electrons. The quantitative estimate of drug-likeness (QED) is 0.618. The summed E-state index contributed by atoms with van der Waals surface area (Å²) in [6.45, 7) is 6.17. The van der Waals surface area contributed by atoms with Crippen molar-refractivity contribution < 1.29 is 4.79 Å². The molecule has 1 amide bonds. The van der Waals surface area contributed by atoms with Crippen molar-refractivity contribution in [1.29, 1.82) is 0 Å². The van der Waals surface area contributed by atoms with Gasteiger partial charge in [-0.25, -0.2) is 15.0 Å². The van der Waals surface area contributed by atoms with Crippen LogP contribution in [0.15, 0.2) is 31.0 Å². The Morgan fingerprint density at radius 2 is 2.00 bits per heavy atom. The molecule has 0 bridgehead atoms. The summed E-state index contributed by atoms with van der Waals surface area (Å²) >= 11 is 0. The summed E-state index contributed by atoms with van der Waals surface area (Å²) in [5.74, 6) is 0.590. The van der Waals surface area contributed by atoms with E-state index in [1.165, 1.54) is 25.7 Å². The van der Waals surface area contributed by atoms with E-state index in [2.05, 4.69) is 34.0 Å². The van der Waals surface area contributed by atoms with Gasteiger partial charge in [0.1, 0.15) is 12.4 Å². The average Bonchev–Trinajstić information content (AvgIpc) is 3.27. The van der Waals surface area contributed by atoms with Crippen LogP contribution in [-0.4, -0.2) is 49.5 Å². The summed E-state index contributed by atoms with van der Waals surface area (Å²) in [4.78, 5) is 28.7. The third kappa shape index (κ3) is 6.10. The number of unbranched alkanes of at least 4 members (excludes halogenated alkanes) is 3. The fraction of sp³-hybridized carbons (Fsp3) is 0.636. The molecule has 1 aliphatic heterocycles. The average molecular weight is 399 g/mol. The van der Waals surface area contributed by atoms with Crippen LogP contribution in [0, 0.1) is 0 Å². The SMILES string of the molecule is CCCCCCC(C)NC(=O)C(c1ccnc(-n2ccnc2)n1)N1CCCCC1. The number of carbonyl (C=O) groups excluding carboxylic acids is 1. The summed E-state index contributed by atoms with van der Waals surface area (Å²) in [5.41, 5.74) is 0.751. The molecule has 0 aromatic carbocycles. The molecule has 0 saturated carbocycles. The molecule has 0 spiro atoms. The van der Waals surface area contributed by atoms with Gasteiger partial charge in [0.2, 0.25) is 11.9 Å². The lowest BCUT2D eigenvalue weighted by Gasteiger charge is -2.34. The number of imidazole rings is 1. The Morgan fingerprint density at radius 1 is 1.17 bits per heavy atom. The largest absolute Gasteiger partial charge is 0.352 e. The van der Waals surface area contributed by atoms with Gasteiger partial charge in [0.25, 0.3) is 0 Å². The Morgan fingerprint density at radius 3 is 2.72 bits per heavy atom. The molecule has 0 aliphatic carbocycles. The van der Waals surface area contributed by atoms with Gasteiger partial charge in [0, 0.05) is 24.6 Å². The first-order valence-corrected chi connectivity index (χ1v) is 11.0. The molecule has 3 rings (SSSR count). The minimum absolute atomic E-state index is 0.0465. The number of nitrogens with one attached hydrogen (secondary N) is 1. The highest BCUT2D eigenvalue weighted by Gasteiger charge is 2.31. The van der Waals surface area contributed by atoms with Crippen molar-refractivity contribution in [3.05, 3.63) is 36.7 Å². The highest BCUT2D eigenvalue weighted by atomic mass is 16.2. The molecule has 29 heavy (non-hydrogen) atoms. The van der Waals surface area contributed by atoms with Gasteiger partial charge in [-0.05, 0) is 45.3 Å². The summed E-state index contributed by atoms with van der Waals surface area (Å²) in [7, 11) is 0. The third-order valence-electron chi connectivity index (χ3n) is 5.56. The highest BCUT2D eigenvalue weighted by molar-refractivity contribution is 5.83. The van der Waals surface area contributed by atoms with E-state index in [0.717, 1.165) is 44.5 Å². The first-order valence-electron chi connectivity index (χ1n) is 11.0. The van der Waals surface area contributed by atoms with Crippen molar-refractivity contribution in [3.8, 4) is 5.95 Å². The molecular formula is C22H34N6O. The smallest absolute Gasteiger partial charge is 0.243 e. The van der Waals surface area contributed by atoms with Crippen LogP contribution in [0.1, 0.15) is 76.9 Å². The minimum atomic E-state index is -0.376. The van der Waals surface area contributed by atoms with E-state index in [4.69, 9.17) is 4.98 Å². The molecule has 7 heteroatoms. The number of carbonyl (C=O) groups is 1. The fourth-order valence-corrected chi connectivity index (χ4v) is 3.95. The molecule has 7 nitrogen and oxygen atoms in total. The number of hydrogen-bond donors (Lipinski definition) is 1. The van der Waals surface area contributed by atoms with Crippen molar-refractivity contribution in [2.45, 2.75) is 77.3 Å². The van der Waals surface area contributed by atoms with E-state index < -0.39 is 0 Å². The Balaban J connectivity index is 1.74. The van der Waals surface area contributed by atoms with Crippen LogP contribution in [0.25, 0.3) is 5.95 Å². The van der Waals surface area contributed by atoms with Gasteiger partial charge in [0.05, 0.1) is 5.69 Å². The van der Waals surface area contributed by atoms with Gasteiger partial charge in [-0.2, -0.15) is 0 Å². The van der Waals surface area contributed by atoms with Gasteiger partial charge in [-0.1, -0.05) is 39.0 Å². The lowest BCUT2D eigenvalue weighted by molar-refractivity contribution is -0.128. The highest BCUT2D eigenvalue weighted by Crippen LogP contribution is 2.24. The predicted molar refractivity (Wildman–Crippen MR) is 114 cm³/mol. The Bertz CT molecular complexity index is 742. The molecule has 1 saturated heterocycles. The second-order valence-corrected chi connectivity index (χ2v) is 8.01. The van der Waals surface area contributed by atoms with Gasteiger partial charge >= 0.3 is 0 Å². The number of rotatable bonds is 10. The first-order chi connectivity index (χ1) is 14.2. The van der Waals surface area contributed by atoms with E-state index in [9.17, 15) is 4.79 Å². The van der Waals surface area contributed by atoms with Crippen LogP contribution in [0.4, 0.5) is 0 Å². The maximum Gasteiger partial charge on any atom is 0.243 e. The first kappa shape index (κ1) is 21.4. The van der Waals surface area contributed by atoms with Crippen molar-refractivity contribution >= 4 is 5.91 Å². The van der Waals surface area contributed by atoms with Gasteiger partial charge in [0.15, 0.2) is 0 Å². The molecule has 1 aliphatic rings. The fourth-order valence-electron chi connectivity index (χ4n) is 3.95. The third-order valence-corrected chi connectivity index (χ3v) is 5.56. The lowest BCUT2D eigenvalue weighted by atomic mass is 10.0. The van der Waals surface area contributed by atoms with E-state index in [1.54, 1.807) is 23.3 Å².